The van der Waals surface area contributed by atoms with E-state index in [1.165, 1.54) is 0 Å². The average Bonchev–Trinajstić information content (AvgIpc) is 2.00. The lowest BCUT2D eigenvalue weighted by molar-refractivity contribution is -0.138. The van der Waals surface area contributed by atoms with Crippen LogP contribution in [0.1, 0.15) is 5.56 Å². The maximum atomic E-state index is 12.4. The first-order valence-electron chi connectivity index (χ1n) is 3.44. The summed E-state index contributed by atoms with van der Waals surface area (Å²) in [6.45, 7) is 0. The molecule has 1 rings (SSSR count). The van der Waals surface area contributed by atoms with Crippen LogP contribution in [0.4, 0.5) is 13.2 Å². The van der Waals surface area contributed by atoms with Gasteiger partial charge in [-0.1, -0.05) is 15.9 Å². The second-order valence-electron chi connectivity index (χ2n) is 2.58. The van der Waals surface area contributed by atoms with Crippen molar-refractivity contribution in [2.75, 3.05) is 0 Å². The quantitative estimate of drug-likeness (QED) is 0.519. The third kappa shape index (κ3) is 3.31. The average molecular weight is 415 g/mol. The van der Waals surface area contributed by atoms with E-state index < -0.39 is 18.7 Å². The maximum Gasteiger partial charge on any atom is 0.417 e. The highest BCUT2D eigenvalue weighted by atomic mass is 127. The van der Waals surface area contributed by atoms with Crippen LogP contribution in [-0.2, 0) is 13.2 Å². The Balaban J connectivity index is 3.43. The van der Waals surface area contributed by atoms with Gasteiger partial charge in [0.25, 0.3) is 0 Å². The summed E-state index contributed by atoms with van der Waals surface area (Å²) < 4.78 is 59.0. The Kier molecular flexibility index (Phi) is 3.71. The van der Waals surface area contributed by atoms with E-state index in [0.717, 1.165) is 33.3 Å². The fraction of sp³-hybridized carbons (Fsp3) is 0.143. The Hall–Kier alpha value is 0.170. The molecule has 0 radical (unpaired) electrons. The maximum absolute atomic E-state index is 12.4. The van der Waals surface area contributed by atoms with Gasteiger partial charge in [0.1, 0.15) is 0 Å². The summed E-state index contributed by atoms with van der Waals surface area (Å²) in [5.41, 5.74) is -1.000. The molecule has 84 valence electrons. The predicted octanol–water partition coefficient (Wildman–Crippen LogP) is 3.59. The lowest BCUT2D eigenvalue weighted by Gasteiger charge is -2.09. The van der Waals surface area contributed by atoms with E-state index in [-0.39, 0.29) is 9.37 Å². The van der Waals surface area contributed by atoms with Gasteiger partial charge < -0.3 is 0 Å². The summed E-state index contributed by atoms with van der Waals surface area (Å²) in [7, 11) is -3.65. The Morgan fingerprint density at radius 3 is 2.20 bits per heavy atom. The van der Waals surface area contributed by atoms with Crippen molar-refractivity contribution in [3.05, 3.63) is 28.2 Å². The number of rotatable bonds is 1. The molecule has 0 saturated carbocycles. The van der Waals surface area contributed by atoms with E-state index in [1.54, 1.807) is 0 Å². The second-order valence-corrected chi connectivity index (χ2v) is 8.26. The normalized spacial score (nSPS) is 12.9. The van der Waals surface area contributed by atoms with Crippen molar-refractivity contribution in [1.82, 2.24) is 0 Å². The standard InChI is InChI=1S/C7H3BrF3IO2S/c8-6-2-1-4(15(12,13)14)3-5(6)7(9,10)11/h1-3H. The summed E-state index contributed by atoms with van der Waals surface area (Å²) >= 11 is 3.80. The zero-order valence-corrected chi connectivity index (χ0v) is 11.4. The SMILES string of the molecule is O=S(=O)(I)c1ccc(Br)c(C(F)(F)F)c1. The smallest absolute Gasteiger partial charge is 0.213 e. The first kappa shape index (κ1) is 13.2. The summed E-state index contributed by atoms with van der Waals surface area (Å²) in [6, 6.07) is 2.78. The van der Waals surface area contributed by atoms with Crippen molar-refractivity contribution < 1.29 is 21.6 Å². The number of halogens is 5. The molecule has 0 atom stereocenters. The fourth-order valence-corrected chi connectivity index (χ4v) is 2.66. The van der Waals surface area contributed by atoms with E-state index in [1.807, 2.05) is 0 Å². The first-order chi connectivity index (χ1) is 6.62. The minimum Gasteiger partial charge on any atom is -0.213 e. The number of hydrogen-bond donors (Lipinski definition) is 0. The molecule has 0 bridgehead atoms. The lowest BCUT2D eigenvalue weighted by atomic mass is 10.2. The molecular weight excluding hydrogens is 412 g/mol. The van der Waals surface area contributed by atoms with Crippen LogP contribution in [0.25, 0.3) is 0 Å². The Morgan fingerprint density at radius 1 is 1.27 bits per heavy atom. The van der Waals surface area contributed by atoms with Crippen LogP contribution >= 0.6 is 37.1 Å². The van der Waals surface area contributed by atoms with Gasteiger partial charge in [-0.3, -0.25) is 0 Å². The largest absolute Gasteiger partial charge is 0.417 e. The van der Waals surface area contributed by atoms with Crippen molar-refractivity contribution in [1.29, 1.82) is 0 Å². The zero-order valence-electron chi connectivity index (χ0n) is 6.85. The molecule has 8 heteroatoms. The minimum absolute atomic E-state index is 0.182. The van der Waals surface area contributed by atoms with Crippen molar-refractivity contribution in [2.24, 2.45) is 0 Å². The zero-order chi connectivity index (χ0) is 11.9. The van der Waals surface area contributed by atoms with E-state index >= 15 is 0 Å². The van der Waals surface area contributed by atoms with Crippen molar-refractivity contribution in [3.8, 4) is 0 Å². The van der Waals surface area contributed by atoms with Gasteiger partial charge in [0.05, 0.1) is 31.7 Å². The van der Waals surface area contributed by atoms with Crippen molar-refractivity contribution >= 4 is 44.1 Å². The Bertz CT molecular complexity index is 483. The number of benzene rings is 1. The first-order valence-corrected chi connectivity index (χ1v) is 8.25. The molecule has 0 heterocycles. The predicted molar refractivity (Wildman–Crippen MR) is 60.3 cm³/mol. The van der Waals surface area contributed by atoms with Crippen LogP contribution in [0.15, 0.2) is 27.6 Å². The van der Waals surface area contributed by atoms with E-state index in [4.69, 9.17) is 0 Å². The van der Waals surface area contributed by atoms with Crippen LogP contribution in [0.5, 0.6) is 0 Å². The molecule has 2 nitrogen and oxygen atoms in total. The molecular formula is C7H3BrF3IO2S. The molecule has 1 aromatic carbocycles. The van der Waals surface area contributed by atoms with E-state index in [9.17, 15) is 21.6 Å². The molecule has 0 amide bonds. The van der Waals surface area contributed by atoms with Crippen molar-refractivity contribution in [2.45, 2.75) is 11.1 Å². The molecule has 0 aliphatic carbocycles. The topological polar surface area (TPSA) is 34.1 Å². The summed E-state index contributed by atoms with van der Waals surface area (Å²) in [6.07, 6.45) is -4.57. The lowest BCUT2D eigenvalue weighted by Crippen LogP contribution is -2.07. The van der Waals surface area contributed by atoms with Crippen LogP contribution < -0.4 is 0 Å². The van der Waals surface area contributed by atoms with Crippen LogP contribution in [-0.4, -0.2) is 8.42 Å². The molecule has 1 aromatic rings. The highest BCUT2D eigenvalue weighted by molar-refractivity contribution is 14.2. The van der Waals surface area contributed by atoms with Gasteiger partial charge in [-0.2, -0.15) is 13.2 Å². The van der Waals surface area contributed by atoms with Gasteiger partial charge in [0.15, 0.2) is 0 Å². The summed E-state index contributed by atoms with van der Waals surface area (Å²) in [5.74, 6) is 0. The fourth-order valence-electron chi connectivity index (χ4n) is 0.873. The Morgan fingerprint density at radius 2 is 1.80 bits per heavy atom. The Labute approximate surface area is 104 Å². The highest BCUT2D eigenvalue weighted by Crippen LogP contribution is 2.36. The van der Waals surface area contributed by atoms with Gasteiger partial charge in [-0.25, -0.2) is 8.42 Å². The molecule has 0 saturated heterocycles. The molecule has 0 N–H and O–H groups in total. The monoisotopic (exact) mass is 414 g/mol. The van der Waals surface area contributed by atoms with Gasteiger partial charge in [-0.15, -0.1) is 0 Å². The van der Waals surface area contributed by atoms with Gasteiger partial charge in [0, 0.05) is 4.47 Å². The molecule has 0 aliphatic heterocycles. The third-order valence-corrected chi connectivity index (χ3v) is 4.56. The van der Waals surface area contributed by atoms with Crippen LogP contribution in [0, 0.1) is 0 Å². The molecule has 0 aliphatic rings. The molecule has 0 fully saturated rings. The third-order valence-electron chi connectivity index (χ3n) is 1.52. The van der Waals surface area contributed by atoms with Gasteiger partial charge >= 0.3 is 6.18 Å². The van der Waals surface area contributed by atoms with Crippen LogP contribution in [0.3, 0.4) is 0 Å². The summed E-state index contributed by atoms with van der Waals surface area (Å²) in [5, 5.41) is 0. The van der Waals surface area contributed by atoms with E-state index in [2.05, 4.69) is 15.9 Å². The minimum atomic E-state index is -4.57. The molecule has 0 aromatic heterocycles. The number of alkyl halides is 3. The molecule has 0 unspecified atom stereocenters. The van der Waals surface area contributed by atoms with Crippen LogP contribution in [0.2, 0.25) is 0 Å². The van der Waals surface area contributed by atoms with Gasteiger partial charge in [-0.05, 0) is 18.2 Å². The number of hydrogen-bond acceptors (Lipinski definition) is 2. The second kappa shape index (κ2) is 4.21. The van der Waals surface area contributed by atoms with Gasteiger partial charge in [0.2, 0.25) is 7.01 Å². The molecule has 15 heavy (non-hydrogen) atoms. The highest BCUT2D eigenvalue weighted by Gasteiger charge is 2.33. The molecule has 0 spiro atoms. The van der Waals surface area contributed by atoms with E-state index in [0.29, 0.717) is 6.07 Å². The van der Waals surface area contributed by atoms with Crippen molar-refractivity contribution in [3.63, 3.8) is 0 Å². The summed E-state index contributed by atoms with van der Waals surface area (Å²) in [4.78, 5) is -0.362.